The molecule has 1 N–H and O–H groups in total. The third kappa shape index (κ3) is 5.75. The maximum atomic E-state index is 12.6. The normalized spacial score (nSPS) is 10.9. The minimum atomic E-state index is -2.59. The fourth-order valence-electron chi connectivity index (χ4n) is 3.10. The highest BCUT2D eigenvalue weighted by Crippen LogP contribution is 2.25. The van der Waals surface area contributed by atoms with Crippen molar-refractivity contribution in [3.8, 4) is 11.6 Å². The van der Waals surface area contributed by atoms with Gasteiger partial charge >= 0.3 is 0 Å². The van der Waals surface area contributed by atoms with Gasteiger partial charge in [-0.1, -0.05) is 6.07 Å². The van der Waals surface area contributed by atoms with Crippen LogP contribution in [0.5, 0.6) is 11.6 Å². The summed E-state index contributed by atoms with van der Waals surface area (Å²) in [6, 6.07) is 11.0. The summed E-state index contributed by atoms with van der Waals surface area (Å²) in [6.07, 6.45) is -1.28. The zero-order chi connectivity index (χ0) is 23.1. The molecular formula is C23H24F2N4O3. The quantitative estimate of drug-likeness (QED) is 0.533. The second kappa shape index (κ2) is 10.6. The molecule has 0 radical (unpaired) electrons. The molecule has 32 heavy (non-hydrogen) atoms. The van der Waals surface area contributed by atoms with Crippen molar-refractivity contribution in [3.63, 3.8) is 0 Å². The number of halogens is 2. The lowest BCUT2D eigenvalue weighted by Crippen LogP contribution is -2.34. The van der Waals surface area contributed by atoms with E-state index >= 15 is 0 Å². The Morgan fingerprint density at radius 2 is 1.88 bits per heavy atom. The van der Waals surface area contributed by atoms with E-state index in [-0.39, 0.29) is 41.9 Å². The monoisotopic (exact) mass is 442 g/mol. The summed E-state index contributed by atoms with van der Waals surface area (Å²) in [5.74, 6) is 0.288. The number of fused-ring (bicyclic) bond motifs is 1. The third-order valence-corrected chi connectivity index (χ3v) is 4.87. The number of aromatic nitrogens is 2. The molecule has 0 aliphatic heterocycles. The molecule has 0 aliphatic carbocycles. The van der Waals surface area contributed by atoms with Crippen LogP contribution in [0.3, 0.4) is 0 Å². The van der Waals surface area contributed by atoms with Crippen LogP contribution in [0.15, 0.2) is 48.7 Å². The minimum Gasteiger partial charge on any atom is -0.439 e. The lowest BCUT2D eigenvalue weighted by Gasteiger charge is -2.18. The Morgan fingerprint density at radius 1 is 1.09 bits per heavy atom. The van der Waals surface area contributed by atoms with E-state index in [1.807, 2.05) is 13.8 Å². The van der Waals surface area contributed by atoms with Crippen LogP contribution in [-0.2, 0) is 4.79 Å². The zero-order valence-corrected chi connectivity index (χ0v) is 17.8. The van der Waals surface area contributed by atoms with Crippen LogP contribution in [0.1, 0.15) is 42.7 Å². The molecule has 0 unspecified atom stereocenters. The van der Waals surface area contributed by atoms with E-state index in [9.17, 15) is 18.4 Å². The summed E-state index contributed by atoms with van der Waals surface area (Å²) in [4.78, 5) is 34.3. The molecule has 1 aromatic carbocycles. The van der Waals surface area contributed by atoms with Crippen LogP contribution >= 0.6 is 0 Å². The lowest BCUT2D eigenvalue weighted by molar-refractivity contribution is -0.130. The van der Waals surface area contributed by atoms with Crippen molar-refractivity contribution >= 4 is 22.7 Å². The van der Waals surface area contributed by atoms with Crippen molar-refractivity contribution in [1.82, 2.24) is 20.2 Å². The van der Waals surface area contributed by atoms with Gasteiger partial charge in [0.05, 0.1) is 5.52 Å². The summed E-state index contributed by atoms with van der Waals surface area (Å²) in [5.41, 5.74) is 0.652. The molecule has 0 fully saturated rings. The Bertz CT molecular complexity index is 1090. The molecule has 3 rings (SSSR count). The zero-order valence-electron chi connectivity index (χ0n) is 17.8. The summed E-state index contributed by atoms with van der Waals surface area (Å²) in [6.45, 7) is 5.33. The number of alkyl halides is 2. The highest BCUT2D eigenvalue weighted by molar-refractivity contribution is 5.95. The van der Waals surface area contributed by atoms with Gasteiger partial charge in [-0.05, 0) is 44.2 Å². The van der Waals surface area contributed by atoms with Crippen molar-refractivity contribution in [1.29, 1.82) is 0 Å². The Hall–Kier alpha value is -3.62. The third-order valence-electron chi connectivity index (χ3n) is 4.87. The number of carbonyl (C=O) groups excluding carboxylic acids is 2. The molecule has 0 saturated heterocycles. The second-order valence-corrected chi connectivity index (χ2v) is 6.96. The summed E-state index contributed by atoms with van der Waals surface area (Å²) >= 11 is 0. The number of rotatable bonds is 9. The molecule has 2 amide bonds. The van der Waals surface area contributed by atoms with E-state index in [1.165, 1.54) is 12.1 Å². The highest BCUT2D eigenvalue weighted by Gasteiger charge is 2.13. The van der Waals surface area contributed by atoms with Crippen LogP contribution in [0.2, 0.25) is 0 Å². The molecule has 0 aliphatic rings. The van der Waals surface area contributed by atoms with Gasteiger partial charge in [-0.2, -0.15) is 0 Å². The molecule has 0 spiro atoms. The maximum absolute atomic E-state index is 12.6. The van der Waals surface area contributed by atoms with Crippen LogP contribution in [0.25, 0.3) is 10.9 Å². The largest absolute Gasteiger partial charge is 0.439 e. The SMILES string of the molecule is CCN(CC)C(=O)CCNC(=O)c1ccc2cc(Oc3ccc(C(F)F)cn3)ccc2n1. The van der Waals surface area contributed by atoms with Gasteiger partial charge in [0.15, 0.2) is 0 Å². The van der Waals surface area contributed by atoms with E-state index in [2.05, 4.69) is 15.3 Å². The van der Waals surface area contributed by atoms with Gasteiger partial charge in [-0.3, -0.25) is 9.59 Å². The second-order valence-electron chi connectivity index (χ2n) is 6.96. The Morgan fingerprint density at radius 3 is 2.53 bits per heavy atom. The molecular weight excluding hydrogens is 418 g/mol. The van der Waals surface area contributed by atoms with E-state index in [0.717, 1.165) is 11.6 Å². The number of ether oxygens (including phenoxy) is 1. The number of amides is 2. The van der Waals surface area contributed by atoms with Crippen molar-refractivity contribution < 1.29 is 23.1 Å². The topological polar surface area (TPSA) is 84.4 Å². The van der Waals surface area contributed by atoms with Crippen molar-refractivity contribution in [2.45, 2.75) is 26.7 Å². The first-order valence-corrected chi connectivity index (χ1v) is 10.3. The first kappa shape index (κ1) is 23.1. The smallest absolute Gasteiger partial charge is 0.269 e. The van der Waals surface area contributed by atoms with Gasteiger partial charge in [0.1, 0.15) is 11.4 Å². The Labute approximate surface area is 184 Å². The summed E-state index contributed by atoms with van der Waals surface area (Å²) < 4.78 is 30.9. The van der Waals surface area contributed by atoms with Gasteiger partial charge in [0, 0.05) is 49.3 Å². The molecule has 2 heterocycles. The standard InChI is InChI=1S/C23H24F2N4O3/c1-3-29(4-2)21(30)11-12-26-23(31)19-8-5-15-13-17(7-9-18(15)28-19)32-20-10-6-16(14-27-20)22(24)25/h5-10,13-14,22H,3-4,11-12H2,1-2H3,(H,26,31). The first-order chi connectivity index (χ1) is 15.4. The number of hydrogen-bond acceptors (Lipinski definition) is 5. The summed E-state index contributed by atoms with van der Waals surface area (Å²) in [7, 11) is 0. The van der Waals surface area contributed by atoms with Gasteiger partial charge < -0.3 is 15.0 Å². The number of nitrogens with zero attached hydrogens (tertiary/aromatic N) is 3. The van der Waals surface area contributed by atoms with Crippen molar-refractivity contribution in [3.05, 3.63) is 59.9 Å². The predicted octanol–water partition coefficient (Wildman–Crippen LogP) is 4.35. The lowest BCUT2D eigenvalue weighted by atomic mass is 10.2. The Balaban J connectivity index is 1.62. The van der Waals surface area contributed by atoms with Gasteiger partial charge in [-0.15, -0.1) is 0 Å². The van der Waals surface area contributed by atoms with E-state index < -0.39 is 6.43 Å². The van der Waals surface area contributed by atoms with Gasteiger partial charge in [0.25, 0.3) is 12.3 Å². The average Bonchev–Trinajstić information content (AvgIpc) is 2.79. The summed E-state index contributed by atoms with van der Waals surface area (Å²) in [5, 5.41) is 3.45. The van der Waals surface area contributed by atoms with Crippen molar-refractivity contribution in [2.75, 3.05) is 19.6 Å². The number of hydrogen-bond donors (Lipinski definition) is 1. The van der Waals surface area contributed by atoms with Gasteiger partial charge in [-0.25, -0.2) is 18.7 Å². The number of pyridine rings is 2. The molecule has 9 heteroatoms. The number of nitrogens with one attached hydrogen (secondary N) is 1. The van der Waals surface area contributed by atoms with Crippen LogP contribution in [-0.4, -0.2) is 46.3 Å². The number of benzene rings is 1. The molecule has 0 atom stereocenters. The highest BCUT2D eigenvalue weighted by atomic mass is 19.3. The maximum Gasteiger partial charge on any atom is 0.269 e. The van der Waals surface area contributed by atoms with Crippen LogP contribution < -0.4 is 10.1 Å². The predicted molar refractivity (Wildman–Crippen MR) is 116 cm³/mol. The van der Waals surface area contributed by atoms with Crippen LogP contribution in [0.4, 0.5) is 8.78 Å². The molecule has 2 aromatic heterocycles. The fourth-order valence-corrected chi connectivity index (χ4v) is 3.10. The van der Waals surface area contributed by atoms with Crippen molar-refractivity contribution in [2.24, 2.45) is 0 Å². The molecule has 0 saturated carbocycles. The van der Waals surface area contributed by atoms with E-state index in [4.69, 9.17) is 4.74 Å². The average molecular weight is 442 g/mol. The molecule has 168 valence electrons. The molecule has 7 nitrogen and oxygen atoms in total. The van der Waals surface area contributed by atoms with Gasteiger partial charge in [0.2, 0.25) is 11.8 Å². The minimum absolute atomic E-state index is 0.00682. The van der Waals surface area contributed by atoms with E-state index in [1.54, 1.807) is 35.2 Å². The molecule has 0 bridgehead atoms. The first-order valence-electron chi connectivity index (χ1n) is 10.3. The van der Waals surface area contributed by atoms with E-state index in [0.29, 0.717) is 24.4 Å². The molecule has 3 aromatic rings. The number of carbonyl (C=O) groups is 2. The fraction of sp³-hybridized carbons (Fsp3) is 0.304. The van der Waals surface area contributed by atoms with Crippen LogP contribution in [0, 0.1) is 0 Å². The Kier molecular flexibility index (Phi) is 7.64.